The maximum absolute atomic E-state index is 11.2. The zero-order valence-corrected chi connectivity index (χ0v) is 8.66. The molecule has 0 spiro atoms. The number of allylic oxidation sites excluding steroid dienone is 1. The molecule has 14 heavy (non-hydrogen) atoms. The molecule has 4 heteroatoms. The molecule has 0 bridgehead atoms. The lowest BCUT2D eigenvalue weighted by atomic mass is 10.1. The summed E-state index contributed by atoms with van der Waals surface area (Å²) in [5.41, 5.74) is 1.17. The van der Waals surface area contributed by atoms with Crippen molar-refractivity contribution in [3.8, 4) is 0 Å². The molecule has 0 saturated heterocycles. The first-order valence-electron chi connectivity index (χ1n) is 4.52. The first kappa shape index (κ1) is 10.6. The number of aliphatic hydroxyl groups excluding tert-OH is 1. The van der Waals surface area contributed by atoms with Gasteiger partial charge < -0.3 is 5.11 Å². The average Bonchev–Trinajstić information content (AvgIpc) is 2.02. The quantitative estimate of drug-likeness (QED) is 0.537. The topological polar surface area (TPSA) is 62.0 Å². The minimum absolute atomic E-state index is 0.0188. The first-order valence-corrected chi connectivity index (χ1v) is 4.52. The predicted molar refractivity (Wildman–Crippen MR) is 56.0 cm³/mol. The van der Waals surface area contributed by atoms with Crippen LogP contribution < -0.4 is 0 Å². The van der Waals surface area contributed by atoms with E-state index < -0.39 is 0 Å². The van der Waals surface area contributed by atoms with Gasteiger partial charge in [-0.3, -0.25) is 9.79 Å². The number of amidine groups is 1. The second-order valence-corrected chi connectivity index (χ2v) is 3.32. The summed E-state index contributed by atoms with van der Waals surface area (Å²) in [4.78, 5) is 19.5. The lowest BCUT2D eigenvalue weighted by Gasteiger charge is -2.10. The van der Waals surface area contributed by atoms with Crippen molar-refractivity contribution in [2.75, 3.05) is 6.54 Å². The molecular formula is C10H14N2O2. The van der Waals surface area contributed by atoms with Crippen LogP contribution in [0, 0.1) is 0 Å². The van der Waals surface area contributed by atoms with Crippen molar-refractivity contribution in [1.82, 2.24) is 0 Å². The van der Waals surface area contributed by atoms with Gasteiger partial charge in [0, 0.05) is 18.7 Å². The van der Waals surface area contributed by atoms with Crippen LogP contribution in [0.5, 0.6) is 0 Å². The number of nitrogens with zero attached hydrogens (tertiary/aromatic N) is 2. The molecule has 1 heterocycles. The van der Waals surface area contributed by atoms with Crippen molar-refractivity contribution in [3.63, 3.8) is 0 Å². The molecule has 0 aliphatic carbocycles. The molecule has 0 aromatic rings. The van der Waals surface area contributed by atoms with Gasteiger partial charge in [-0.05, 0) is 20.8 Å². The van der Waals surface area contributed by atoms with Gasteiger partial charge in [0.2, 0.25) is 0 Å². The number of Topliss-reactive ketones (excluding diaryl/α,β-unsaturated/α-hetero) is 1. The number of carbonyl (C=O) groups is 1. The third kappa shape index (κ3) is 2.28. The van der Waals surface area contributed by atoms with Crippen LogP contribution in [0.1, 0.15) is 27.2 Å². The Balaban J connectivity index is 3.09. The molecule has 1 aliphatic rings. The van der Waals surface area contributed by atoms with E-state index in [0.717, 1.165) is 12.1 Å². The molecule has 0 aromatic heterocycles. The average molecular weight is 194 g/mol. The van der Waals surface area contributed by atoms with Gasteiger partial charge in [-0.2, -0.15) is 0 Å². The highest BCUT2D eigenvalue weighted by Crippen LogP contribution is 2.11. The third-order valence-corrected chi connectivity index (χ3v) is 1.97. The van der Waals surface area contributed by atoms with Crippen LogP contribution in [0.2, 0.25) is 0 Å². The van der Waals surface area contributed by atoms with E-state index in [0.29, 0.717) is 12.4 Å². The van der Waals surface area contributed by atoms with Gasteiger partial charge in [-0.25, -0.2) is 4.99 Å². The molecule has 1 rings (SSSR count). The number of ketones is 1. The van der Waals surface area contributed by atoms with E-state index in [2.05, 4.69) is 9.98 Å². The molecule has 0 radical (unpaired) electrons. The monoisotopic (exact) mass is 194 g/mol. The minimum atomic E-state index is -0.206. The summed E-state index contributed by atoms with van der Waals surface area (Å²) in [5, 5.41) is 9.33. The SMILES string of the molecule is CC(=O)C(C1=NCCC(C)=N1)=C(C)O. The van der Waals surface area contributed by atoms with Gasteiger partial charge in [-0.1, -0.05) is 0 Å². The van der Waals surface area contributed by atoms with E-state index >= 15 is 0 Å². The summed E-state index contributed by atoms with van der Waals surface area (Å²) in [7, 11) is 0. The van der Waals surface area contributed by atoms with Gasteiger partial charge in [0.05, 0.1) is 5.57 Å². The van der Waals surface area contributed by atoms with Crippen LogP contribution >= 0.6 is 0 Å². The smallest absolute Gasteiger partial charge is 0.166 e. The Labute approximate surface area is 83.1 Å². The molecule has 4 nitrogen and oxygen atoms in total. The fourth-order valence-electron chi connectivity index (χ4n) is 1.30. The normalized spacial score (nSPS) is 18.2. The zero-order chi connectivity index (χ0) is 10.7. The second kappa shape index (κ2) is 4.17. The molecule has 0 unspecified atom stereocenters. The maximum Gasteiger partial charge on any atom is 0.166 e. The molecule has 1 N–H and O–H groups in total. The Kier molecular flexibility index (Phi) is 3.17. The van der Waals surface area contributed by atoms with E-state index in [4.69, 9.17) is 0 Å². The fraction of sp³-hybridized carbons (Fsp3) is 0.500. The summed E-state index contributed by atoms with van der Waals surface area (Å²) < 4.78 is 0. The van der Waals surface area contributed by atoms with E-state index in [1.54, 1.807) is 0 Å². The lowest BCUT2D eigenvalue weighted by Crippen LogP contribution is -2.16. The van der Waals surface area contributed by atoms with Crippen LogP contribution in [0.4, 0.5) is 0 Å². The molecular weight excluding hydrogens is 180 g/mol. The Bertz CT molecular complexity index is 347. The third-order valence-electron chi connectivity index (χ3n) is 1.97. The van der Waals surface area contributed by atoms with Crippen molar-refractivity contribution >= 4 is 17.3 Å². The van der Waals surface area contributed by atoms with Gasteiger partial charge in [0.25, 0.3) is 0 Å². The maximum atomic E-state index is 11.2. The number of aliphatic hydroxyl groups is 1. The van der Waals surface area contributed by atoms with E-state index in [1.807, 2.05) is 6.92 Å². The largest absolute Gasteiger partial charge is 0.512 e. The predicted octanol–water partition coefficient (Wildman–Crippen LogP) is 1.67. The summed E-state index contributed by atoms with van der Waals surface area (Å²) in [5.74, 6) is 0.137. The van der Waals surface area contributed by atoms with E-state index in [-0.39, 0.29) is 17.1 Å². The van der Waals surface area contributed by atoms with Crippen molar-refractivity contribution < 1.29 is 9.90 Å². The number of hydrogen-bond donors (Lipinski definition) is 1. The molecule has 0 amide bonds. The van der Waals surface area contributed by atoms with E-state index in [1.165, 1.54) is 13.8 Å². The van der Waals surface area contributed by atoms with Crippen molar-refractivity contribution in [1.29, 1.82) is 0 Å². The van der Waals surface area contributed by atoms with Crippen LogP contribution in [0.15, 0.2) is 21.3 Å². The second-order valence-electron chi connectivity index (χ2n) is 3.32. The summed E-state index contributed by atoms with van der Waals surface area (Å²) in [6, 6.07) is 0. The van der Waals surface area contributed by atoms with Crippen molar-refractivity contribution in [3.05, 3.63) is 11.3 Å². The first-order chi connectivity index (χ1) is 6.52. The highest BCUT2D eigenvalue weighted by Gasteiger charge is 2.17. The van der Waals surface area contributed by atoms with Crippen LogP contribution in [0.3, 0.4) is 0 Å². The van der Waals surface area contributed by atoms with Crippen molar-refractivity contribution in [2.24, 2.45) is 9.98 Å². The van der Waals surface area contributed by atoms with Crippen LogP contribution in [0.25, 0.3) is 0 Å². The van der Waals surface area contributed by atoms with E-state index in [9.17, 15) is 9.90 Å². The van der Waals surface area contributed by atoms with Crippen LogP contribution in [-0.4, -0.2) is 29.0 Å². The van der Waals surface area contributed by atoms with Gasteiger partial charge >= 0.3 is 0 Å². The standard InChI is InChI=1S/C10H14N2O2/c1-6-4-5-11-10(12-6)9(7(2)13)8(3)14/h13H,4-5H2,1-3H3. The minimum Gasteiger partial charge on any atom is -0.512 e. The summed E-state index contributed by atoms with van der Waals surface area (Å²) in [6.07, 6.45) is 0.819. The van der Waals surface area contributed by atoms with Crippen molar-refractivity contribution in [2.45, 2.75) is 27.2 Å². The molecule has 0 fully saturated rings. The van der Waals surface area contributed by atoms with Crippen LogP contribution in [-0.2, 0) is 4.79 Å². The molecule has 0 aromatic carbocycles. The Hall–Kier alpha value is -1.45. The Morgan fingerprint density at radius 3 is 2.50 bits per heavy atom. The number of rotatable bonds is 2. The van der Waals surface area contributed by atoms with Gasteiger partial charge in [0.1, 0.15) is 5.76 Å². The highest BCUT2D eigenvalue weighted by atomic mass is 16.3. The zero-order valence-electron chi connectivity index (χ0n) is 8.66. The lowest BCUT2D eigenvalue weighted by molar-refractivity contribution is -0.113. The molecule has 0 atom stereocenters. The van der Waals surface area contributed by atoms with Gasteiger partial charge in [-0.15, -0.1) is 0 Å². The Morgan fingerprint density at radius 1 is 1.43 bits per heavy atom. The molecule has 0 saturated carbocycles. The number of hydrogen-bond acceptors (Lipinski definition) is 4. The molecule has 1 aliphatic heterocycles. The fourth-order valence-corrected chi connectivity index (χ4v) is 1.30. The molecule has 76 valence electrons. The number of aliphatic imine (C=N–C) groups is 2. The summed E-state index contributed by atoms with van der Waals surface area (Å²) in [6.45, 7) is 5.39. The van der Waals surface area contributed by atoms with Gasteiger partial charge in [0.15, 0.2) is 11.6 Å². The number of carbonyl (C=O) groups excluding carboxylic acids is 1. The highest BCUT2D eigenvalue weighted by molar-refractivity contribution is 6.23. The summed E-state index contributed by atoms with van der Waals surface area (Å²) >= 11 is 0. The Morgan fingerprint density at radius 2 is 2.07 bits per heavy atom.